The summed E-state index contributed by atoms with van der Waals surface area (Å²) in [4.78, 5) is 0. The number of aliphatic hydroxyl groups excluding tert-OH is 1. The van der Waals surface area contributed by atoms with E-state index in [-0.39, 0.29) is 17.4 Å². The summed E-state index contributed by atoms with van der Waals surface area (Å²) in [6, 6.07) is 3.68. The van der Waals surface area contributed by atoms with Gasteiger partial charge in [0.25, 0.3) is 0 Å². The van der Waals surface area contributed by atoms with E-state index in [9.17, 15) is 13.9 Å². The Bertz CT molecular complexity index is 450. The summed E-state index contributed by atoms with van der Waals surface area (Å²) < 4.78 is 26.6. The van der Waals surface area contributed by atoms with Crippen LogP contribution in [-0.4, -0.2) is 11.2 Å². The summed E-state index contributed by atoms with van der Waals surface area (Å²) >= 11 is 0. The van der Waals surface area contributed by atoms with Crippen LogP contribution in [0.25, 0.3) is 0 Å². The van der Waals surface area contributed by atoms with Gasteiger partial charge < -0.3 is 5.11 Å². The lowest BCUT2D eigenvalue weighted by Gasteiger charge is -2.42. The molecule has 20 heavy (non-hydrogen) atoms. The summed E-state index contributed by atoms with van der Waals surface area (Å²) in [6.45, 7) is 6.33. The van der Waals surface area contributed by atoms with Crippen molar-refractivity contribution in [1.82, 2.24) is 0 Å². The van der Waals surface area contributed by atoms with Gasteiger partial charge in [-0.3, -0.25) is 0 Å². The van der Waals surface area contributed by atoms with E-state index in [4.69, 9.17) is 0 Å². The van der Waals surface area contributed by atoms with E-state index in [0.717, 1.165) is 25.3 Å². The van der Waals surface area contributed by atoms with Crippen molar-refractivity contribution >= 4 is 0 Å². The van der Waals surface area contributed by atoms with Gasteiger partial charge in [0.15, 0.2) is 0 Å². The number of halogens is 2. The third-order valence-corrected chi connectivity index (χ3v) is 4.66. The first-order chi connectivity index (χ1) is 9.28. The zero-order valence-corrected chi connectivity index (χ0v) is 12.5. The van der Waals surface area contributed by atoms with Gasteiger partial charge in [-0.2, -0.15) is 0 Å². The van der Waals surface area contributed by atoms with E-state index in [1.165, 1.54) is 12.1 Å². The molecule has 3 heteroatoms. The van der Waals surface area contributed by atoms with Crippen molar-refractivity contribution in [3.8, 4) is 0 Å². The maximum Gasteiger partial charge on any atom is 0.126 e. The SMILES string of the molecule is CC1CCC(C(C)(C)Cc2cc(F)cc(F)c2)C(O)C1. The molecule has 3 unspecified atom stereocenters. The molecule has 112 valence electrons. The van der Waals surface area contributed by atoms with Crippen LogP contribution in [-0.2, 0) is 6.42 Å². The Morgan fingerprint density at radius 1 is 1.15 bits per heavy atom. The van der Waals surface area contributed by atoms with Crippen LogP contribution in [0, 0.1) is 28.9 Å². The molecule has 1 aromatic carbocycles. The maximum atomic E-state index is 13.3. The highest BCUT2D eigenvalue weighted by atomic mass is 19.1. The van der Waals surface area contributed by atoms with Gasteiger partial charge in [-0.05, 0) is 54.2 Å². The minimum Gasteiger partial charge on any atom is -0.393 e. The van der Waals surface area contributed by atoms with E-state index in [1.807, 2.05) is 0 Å². The van der Waals surface area contributed by atoms with Gasteiger partial charge in [-0.25, -0.2) is 8.78 Å². The highest BCUT2D eigenvalue weighted by Crippen LogP contribution is 2.42. The van der Waals surface area contributed by atoms with E-state index in [0.29, 0.717) is 17.9 Å². The molecular weight excluding hydrogens is 258 g/mol. The topological polar surface area (TPSA) is 20.2 Å². The molecule has 0 amide bonds. The van der Waals surface area contributed by atoms with Crippen molar-refractivity contribution in [1.29, 1.82) is 0 Å². The largest absolute Gasteiger partial charge is 0.393 e. The molecule has 1 aromatic rings. The van der Waals surface area contributed by atoms with Crippen molar-refractivity contribution in [3.05, 3.63) is 35.4 Å². The van der Waals surface area contributed by atoms with Crippen LogP contribution in [0.4, 0.5) is 8.78 Å². The zero-order chi connectivity index (χ0) is 14.9. The van der Waals surface area contributed by atoms with E-state index < -0.39 is 11.6 Å². The van der Waals surface area contributed by atoms with Gasteiger partial charge >= 0.3 is 0 Å². The quantitative estimate of drug-likeness (QED) is 0.875. The standard InChI is InChI=1S/C17H24F2O/c1-11-4-5-15(16(20)6-11)17(2,3)10-12-7-13(18)9-14(19)8-12/h7-9,11,15-16,20H,4-6,10H2,1-3H3. The molecule has 3 atom stereocenters. The zero-order valence-electron chi connectivity index (χ0n) is 12.5. The van der Waals surface area contributed by atoms with Crippen molar-refractivity contribution in [2.45, 2.75) is 52.6 Å². The average Bonchev–Trinajstić information content (AvgIpc) is 2.25. The van der Waals surface area contributed by atoms with Gasteiger partial charge in [0.2, 0.25) is 0 Å². The maximum absolute atomic E-state index is 13.3. The predicted molar refractivity (Wildman–Crippen MR) is 76.4 cm³/mol. The lowest BCUT2D eigenvalue weighted by Crippen LogP contribution is -2.39. The number of aliphatic hydroxyl groups is 1. The highest BCUT2D eigenvalue weighted by molar-refractivity contribution is 5.19. The average molecular weight is 282 g/mol. The molecule has 0 aliphatic heterocycles. The number of hydrogen-bond donors (Lipinski definition) is 1. The van der Waals surface area contributed by atoms with E-state index in [2.05, 4.69) is 20.8 Å². The van der Waals surface area contributed by atoms with Crippen molar-refractivity contribution in [3.63, 3.8) is 0 Å². The van der Waals surface area contributed by atoms with Crippen LogP contribution in [0.15, 0.2) is 18.2 Å². The van der Waals surface area contributed by atoms with Crippen molar-refractivity contribution < 1.29 is 13.9 Å². The Morgan fingerprint density at radius 3 is 2.30 bits per heavy atom. The fourth-order valence-electron chi connectivity index (χ4n) is 3.63. The van der Waals surface area contributed by atoms with Gasteiger partial charge in [-0.15, -0.1) is 0 Å². The highest BCUT2D eigenvalue weighted by Gasteiger charge is 2.38. The summed E-state index contributed by atoms with van der Waals surface area (Å²) in [7, 11) is 0. The van der Waals surface area contributed by atoms with Gasteiger partial charge in [0.1, 0.15) is 11.6 Å². The summed E-state index contributed by atoms with van der Waals surface area (Å²) in [6.07, 6.45) is 3.19. The molecule has 2 rings (SSSR count). The van der Waals surface area contributed by atoms with Crippen molar-refractivity contribution in [2.75, 3.05) is 0 Å². The Kier molecular flexibility index (Phi) is 4.48. The minimum absolute atomic E-state index is 0.167. The molecule has 1 aliphatic rings. The van der Waals surface area contributed by atoms with Crippen LogP contribution < -0.4 is 0 Å². The van der Waals surface area contributed by atoms with Crippen LogP contribution in [0.2, 0.25) is 0 Å². The van der Waals surface area contributed by atoms with Gasteiger partial charge in [0.05, 0.1) is 6.10 Å². The first kappa shape index (κ1) is 15.4. The fourth-order valence-corrected chi connectivity index (χ4v) is 3.63. The van der Waals surface area contributed by atoms with Crippen LogP contribution in [0.1, 0.15) is 45.6 Å². The fraction of sp³-hybridized carbons (Fsp3) is 0.647. The second-order valence-corrected chi connectivity index (χ2v) is 7.04. The molecule has 1 N–H and O–H groups in total. The molecule has 1 aliphatic carbocycles. The Morgan fingerprint density at radius 2 is 1.75 bits per heavy atom. The summed E-state index contributed by atoms with van der Waals surface area (Å²) in [5.74, 6) is -0.323. The summed E-state index contributed by atoms with van der Waals surface area (Å²) in [5, 5.41) is 10.3. The first-order valence-electron chi connectivity index (χ1n) is 7.41. The van der Waals surface area contributed by atoms with Crippen molar-refractivity contribution in [2.24, 2.45) is 17.3 Å². The lowest BCUT2D eigenvalue weighted by molar-refractivity contribution is -0.0125. The Balaban J connectivity index is 2.13. The van der Waals surface area contributed by atoms with Crippen LogP contribution >= 0.6 is 0 Å². The smallest absolute Gasteiger partial charge is 0.126 e. The number of rotatable bonds is 3. The first-order valence-corrected chi connectivity index (χ1v) is 7.41. The third-order valence-electron chi connectivity index (χ3n) is 4.66. The van der Waals surface area contributed by atoms with E-state index >= 15 is 0 Å². The second-order valence-electron chi connectivity index (χ2n) is 7.04. The molecule has 1 fully saturated rings. The molecule has 1 nitrogen and oxygen atoms in total. The normalized spacial score (nSPS) is 27.6. The number of benzene rings is 1. The molecule has 0 heterocycles. The molecule has 0 saturated heterocycles. The Labute approximate surface area is 120 Å². The van der Waals surface area contributed by atoms with Crippen LogP contribution in [0.3, 0.4) is 0 Å². The van der Waals surface area contributed by atoms with Gasteiger partial charge in [0, 0.05) is 6.07 Å². The Hall–Kier alpha value is -0.960. The number of hydrogen-bond acceptors (Lipinski definition) is 1. The van der Waals surface area contributed by atoms with Gasteiger partial charge in [-0.1, -0.05) is 27.2 Å². The molecular formula is C17H24F2O. The van der Waals surface area contributed by atoms with E-state index in [1.54, 1.807) is 0 Å². The molecule has 0 bridgehead atoms. The third kappa shape index (κ3) is 3.57. The molecule has 0 radical (unpaired) electrons. The predicted octanol–water partition coefficient (Wildman–Crippen LogP) is 4.33. The monoisotopic (exact) mass is 282 g/mol. The van der Waals surface area contributed by atoms with Crippen LogP contribution in [0.5, 0.6) is 0 Å². The summed E-state index contributed by atoms with van der Waals surface area (Å²) in [5.41, 5.74) is 0.498. The molecule has 0 spiro atoms. The molecule has 0 aromatic heterocycles. The molecule has 1 saturated carbocycles. The lowest BCUT2D eigenvalue weighted by atomic mass is 9.65. The second kappa shape index (κ2) is 5.80. The minimum atomic E-state index is -0.534.